The molecule has 0 aromatic heterocycles. The van der Waals surface area contributed by atoms with Crippen LogP contribution in [0.25, 0.3) is 0 Å². The number of ether oxygens (including phenoxy) is 1. The minimum absolute atomic E-state index is 0.0100. The maximum Gasteiger partial charge on any atom is 0.293 e. The van der Waals surface area contributed by atoms with Gasteiger partial charge in [-0.05, 0) is 6.42 Å². The zero-order valence-electron chi connectivity index (χ0n) is 5.54. The number of carbonyl (C=O) groups is 1. The molecule has 0 bridgehead atoms. The largest absolute Gasteiger partial charge is 0.464 e. The number of hydrogen-bond acceptors (Lipinski definition) is 3. The summed E-state index contributed by atoms with van der Waals surface area (Å²) in [5.74, 6) is 0.618. The Hall–Kier alpha value is -0.180. The van der Waals surface area contributed by atoms with Gasteiger partial charge in [0.2, 0.25) is 0 Å². The van der Waals surface area contributed by atoms with E-state index in [2.05, 4.69) is 17.4 Å². The maximum atomic E-state index is 9.79. The summed E-state index contributed by atoms with van der Waals surface area (Å²) in [4.78, 5) is 9.79. The molecule has 1 atom stereocenters. The van der Waals surface area contributed by atoms with Crippen LogP contribution in [0.15, 0.2) is 0 Å². The molecular formula is C6H12O2S. The van der Waals surface area contributed by atoms with Crippen LogP contribution in [0, 0.1) is 0 Å². The first-order valence-corrected chi connectivity index (χ1v) is 3.68. The summed E-state index contributed by atoms with van der Waals surface area (Å²) in [7, 11) is 0. The number of rotatable bonds is 5. The van der Waals surface area contributed by atoms with E-state index in [1.165, 1.54) is 0 Å². The van der Waals surface area contributed by atoms with E-state index in [1.54, 1.807) is 0 Å². The van der Waals surface area contributed by atoms with Gasteiger partial charge in [-0.1, -0.05) is 13.3 Å². The molecule has 0 heterocycles. The molecular weight excluding hydrogens is 136 g/mol. The topological polar surface area (TPSA) is 26.3 Å². The highest BCUT2D eigenvalue weighted by Crippen LogP contribution is 2.01. The molecule has 0 saturated carbocycles. The monoisotopic (exact) mass is 148 g/mol. The van der Waals surface area contributed by atoms with Crippen molar-refractivity contribution in [1.82, 2.24) is 0 Å². The highest BCUT2D eigenvalue weighted by atomic mass is 32.1. The average molecular weight is 148 g/mol. The summed E-state index contributed by atoms with van der Waals surface area (Å²) in [5.41, 5.74) is 0. The van der Waals surface area contributed by atoms with Crippen LogP contribution in [0.1, 0.15) is 19.8 Å². The van der Waals surface area contributed by atoms with Gasteiger partial charge in [-0.3, -0.25) is 4.79 Å². The highest BCUT2D eigenvalue weighted by Gasteiger charge is 2.02. The van der Waals surface area contributed by atoms with Crippen molar-refractivity contribution < 1.29 is 9.53 Å². The molecule has 0 aliphatic rings. The zero-order valence-corrected chi connectivity index (χ0v) is 6.43. The Bertz CT molecular complexity index is 75.5. The van der Waals surface area contributed by atoms with Gasteiger partial charge in [-0.2, -0.15) is 12.6 Å². The van der Waals surface area contributed by atoms with Crippen LogP contribution in [0.3, 0.4) is 0 Å². The molecule has 0 aromatic rings. The van der Waals surface area contributed by atoms with Gasteiger partial charge in [0, 0.05) is 5.75 Å². The molecule has 9 heavy (non-hydrogen) atoms. The molecule has 0 radical (unpaired) electrons. The third-order valence-electron chi connectivity index (χ3n) is 1.06. The molecule has 3 heteroatoms. The van der Waals surface area contributed by atoms with Crippen molar-refractivity contribution in [3.8, 4) is 0 Å². The van der Waals surface area contributed by atoms with Gasteiger partial charge in [0.25, 0.3) is 6.47 Å². The van der Waals surface area contributed by atoms with Gasteiger partial charge >= 0.3 is 0 Å². The summed E-state index contributed by atoms with van der Waals surface area (Å²) in [6.45, 7) is 2.53. The highest BCUT2D eigenvalue weighted by molar-refractivity contribution is 7.80. The molecule has 0 fully saturated rings. The van der Waals surface area contributed by atoms with Gasteiger partial charge < -0.3 is 4.74 Å². The molecule has 2 nitrogen and oxygen atoms in total. The van der Waals surface area contributed by atoms with Gasteiger partial charge in [0.1, 0.15) is 6.10 Å². The van der Waals surface area contributed by atoms with Gasteiger partial charge in [-0.15, -0.1) is 0 Å². The van der Waals surface area contributed by atoms with Crippen LogP contribution in [-0.2, 0) is 9.53 Å². The standard InChI is InChI=1S/C6H12O2S/c1-2-3-6(4-9)8-5-7/h5-6,9H,2-4H2,1H3. The van der Waals surface area contributed by atoms with E-state index in [4.69, 9.17) is 0 Å². The van der Waals surface area contributed by atoms with Crippen LogP contribution in [0.4, 0.5) is 0 Å². The SMILES string of the molecule is CCCC(CS)OC=O. The van der Waals surface area contributed by atoms with E-state index in [9.17, 15) is 4.79 Å². The van der Waals surface area contributed by atoms with Gasteiger partial charge in [0.15, 0.2) is 0 Å². The fourth-order valence-electron chi connectivity index (χ4n) is 0.603. The molecule has 0 aromatic carbocycles. The molecule has 0 rings (SSSR count). The Morgan fingerprint density at radius 1 is 1.78 bits per heavy atom. The van der Waals surface area contributed by atoms with Crippen LogP contribution >= 0.6 is 12.6 Å². The third kappa shape index (κ3) is 4.33. The minimum Gasteiger partial charge on any atom is -0.464 e. The molecule has 0 saturated heterocycles. The zero-order chi connectivity index (χ0) is 7.11. The molecule has 0 aliphatic carbocycles. The van der Waals surface area contributed by atoms with E-state index < -0.39 is 0 Å². The van der Waals surface area contributed by atoms with Crippen molar-refractivity contribution >= 4 is 19.1 Å². The van der Waals surface area contributed by atoms with Crippen LogP contribution < -0.4 is 0 Å². The van der Waals surface area contributed by atoms with E-state index in [1.807, 2.05) is 6.92 Å². The van der Waals surface area contributed by atoms with Crippen LogP contribution in [0.2, 0.25) is 0 Å². The van der Waals surface area contributed by atoms with Crippen molar-refractivity contribution in [3.05, 3.63) is 0 Å². The minimum atomic E-state index is 0.0100. The quantitative estimate of drug-likeness (QED) is 0.469. The molecule has 0 spiro atoms. The number of hydrogen-bond donors (Lipinski definition) is 1. The number of thiol groups is 1. The molecule has 0 N–H and O–H groups in total. The average Bonchev–Trinajstić information content (AvgIpc) is 1.88. The van der Waals surface area contributed by atoms with Gasteiger partial charge in [-0.25, -0.2) is 0 Å². The molecule has 1 unspecified atom stereocenters. The van der Waals surface area contributed by atoms with Crippen molar-refractivity contribution in [1.29, 1.82) is 0 Å². The first kappa shape index (κ1) is 8.82. The molecule has 0 aliphatic heterocycles. The Morgan fingerprint density at radius 3 is 2.78 bits per heavy atom. The summed E-state index contributed by atoms with van der Waals surface area (Å²) < 4.78 is 4.67. The predicted molar refractivity (Wildman–Crippen MR) is 39.7 cm³/mol. The molecule has 54 valence electrons. The Morgan fingerprint density at radius 2 is 2.44 bits per heavy atom. The summed E-state index contributed by atoms with van der Waals surface area (Å²) >= 11 is 4.00. The second kappa shape index (κ2) is 5.95. The summed E-state index contributed by atoms with van der Waals surface area (Å²) in [6.07, 6.45) is 1.94. The lowest BCUT2D eigenvalue weighted by Crippen LogP contribution is -2.12. The van der Waals surface area contributed by atoms with E-state index in [0.717, 1.165) is 12.8 Å². The maximum absolute atomic E-state index is 9.79. The van der Waals surface area contributed by atoms with E-state index in [0.29, 0.717) is 12.2 Å². The van der Waals surface area contributed by atoms with Gasteiger partial charge in [0.05, 0.1) is 0 Å². The summed E-state index contributed by atoms with van der Waals surface area (Å²) in [5, 5.41) is 0. The smallest absolute Gasteiger partial charge is 0.293 e. The van der Waals surface area contributed by atoms with Crippen LogP contribution in [0.5, 0.6) is 0 Å². The van der Waals surface area contributed by atoms with Crippen molar-refractivity contribution in [2.24, 2.45) is 0 Å². The molecule has 0 amide bonds. The lowest BCUT2D eigenvalue weighted by Gasteiger charge is -2.09. The Kier molecular flexibility index (Phi) is 5.83. The van der Waals surface area contributed by atoms with Crippen LogP contribution in [-0.4, -0.2) is 18.3 Å². The van der Waals surface area contributed by atoms with Crippen molar-refractivity contribution in [2.75, 3.05) is 5.75 Å². The third-order valence-corrected chi connectivity index (χ3v) is 1.47. The van der Waals surface area contributed by atoms with Crippen molar-refractivity contribution in [3.63, 3.8) is 0 Å². The van der Waals surface area contributed by atoms with Crippen molar-refractivity contribution in [2.45, 2.75) is 25.9 Å². The fraction of sp³-hybridized carbons (Fsp3) is 0.833. The second-order valence-electron chi connectivity index (χ2n) is 1.83. The first-order chi connectivity index (χ1) is 4.35. The Balaban J connectivity index is 3.28. The predicted octanol–water partition coefficient (Wildman–Crippen LogP) is 1.26. The first-order valence-electron chi connectivity index (χ1n) is 3.05. The summed E-state index contributed by atoms with van der Waals surface area (Å²) in [6, 6.07) is 0. The van der Waals surface area contributed by atoms with E-state index >= 15 is 0 Å². The lowest BCUT2D eigenvalue weighted by atomic mass is 10.2. The number of carbonyl (C=O) groups excluding carboxylic acids is 1. The van der Waals surface area contributed by atoms with E-state index in [-0.39, 0.29) is 6.10 Å². The Labute approximate surface area is 61.0 Å². The normalized spacial score (nSPS) is 12.7. The lowest BCUT2D eigenvalue weighted by molar-refractivity contribution is -0.132. The fourth-order valence-corrected chi connectivity index (χ4v) is 0.872. The second-order valence-corrected chi connectivity index (χ2v) is 2.19.